The Balaban J connectivity index is 2.16. The van der Waals surface area contributed by atoms with E-state index in [0.717, 1.165) is 24.5 Å². The molecule has 1 aromatic rings. The Bertz CT molecular complexity index is 466. The van der Waals surface area contributed by atoms with Crippen molar-refractivity contribution in [2.45, 2.75) is 45.6 Å². The number of nitrogens with zero attached hydrogens (tertiary/aromatic N) is 2. The van der Waals surface area contributed by atoms with E-state index in [1.807, 2.05) is 13.0 Å². The third kappa shape index (κ3) is 3.36. The molecule has 2 rings (SSSR count). The van der Waals surface area contributed by atoms with Gasteiger partial charge in [0.25, 0.3) is 0 Å². The summed E-state index contributed by atoms with van der Waals surface area (Å²) in [7, 11) is 0. The summed E-state index contributed by atoms with van der Waals surface area (Å²) in [4.78, 5) is 4.36. The molecule has 0 atom stereocenters. The van der Waals surface area contributed by atoms with E-state index in [0.29, 0.717) is 11.4 Å². The molecule has 0 amide bonds. The zero-order chi connectivity index (χ0) is 13.8. The Morgan fingerprint density at radius 1 is 1.37 bits per heavy atom. The Hall–Kier alpha value is -1.78. The van der Waals surface area contributed by atoms with Gasteiger partial charge >= 0.3 is 0 Å². The van der Waals surface area contributed by atoms with Gasteiger partial charge in [-0.25, -0.2) is 4.98 Å². The third-order valence-electron chi connectivity index (χ3n) is 3.62. The van der Waals surface area contributed by atoms with Gasteiger partial charge < -0.3 is 15.7 Å². The lowest BCUT2D eigenvalue weighted by Gasteiger charge is -2.27. The van der Waals surface area contributed by atoms with Gasteiger partial charge in [0, 0.05) is 5.69 Å². The van der Waals surface area contributed by atoms with E-state index in [9.17, 15) is 0 Å². The van der Waals surface area contributed by atoms with Crippen LogP contribution in [0, 0.1) is 12.8 Å². The van der Waals surface area contributed by atoms with Crippen molar-refractivity contribution in [1.82, 2.24) is 4.98 Å². The number of hydrogen-bond acceptors (Lipinski definition) is 4. The maximum Gasteiger partial charge on any atom is 0.225 e. The lowest BCUT2D eigenvalue weighted by molar-refractivity contribution is 0.129. The highest BCUT2D eigenvalue weighted by molar-refractivity contribution is 5.99. The van der Waals surface area contributed by atoms with Crippen LogP contribution in [0.3, 0.4) is 0 Å². The van der Waals surface area contributed by atoms with Gasteiger partial charge in [0.05, 0.1) is 5.56 Å². The van der Waals surface area contributed by atoms with Crippen molar-refractivity contribution in [3.8, 4) is 5.88 Å². The minimum Gasteiger partial charge on any atom is -0.474 e. The molecule has 19 heavy (non-hydrogen) atoms. The SMILES string of the molecule is Cc1ccc(C(N)=NO)c(OC2CCC(C)CC2)n1. The first-order chi connectivity index (χ1) is 9.10. The standard InChI is InChI=1S/C14H21N3O2/c1-9-3-6-11(7-4-9)19-14-12(13(15)17-18)8-5-10(2)16-14/h5,8-9,11,18H,3-4,6-7H2,1-2H3,(H2,15,17). The van der Waals surface area contributed by atoms with Gasteiger partial charge in [-0.2, -0.15) is 0 Å². The fourth-order valence-electron chi connectivity index (χ4n) is 2.38. The van der Waals surface area contributed by atoms with Crippen LogP contribution >= 0.6 is 0 Å². The topological polar surface area (TPSA) is 80.7 Å². The van der Waals surface area contributed by atoms with E-state index < -0.39 is 0 Å². The molecule has 0 radical (unpaired) electrons. The lowest BCUT2D eigenvalue weighted by Crippen LogP contribution is -2.25. The van der Waals surface area contributed by atoms with Crippen LogP contribution < -0.4 is 10.5 Å². The molecule has 0 aliphatic heterocycles. The highest BCUT2D eigenvalue weighted by Crippen LogP contribution is 2.28. The molecule has 0 spiro atoms. The summed E-state index contributed by atoms with van der Waals surface area (Å²) in [6, 6.07) is 3.60. The number of aryl methyl sites for hydroxylation is 1. The molecule has 0 saturated heterocycles. The first-order valence-electron chi connectivity index (χ1n) is 6.72. The molecule has 0 bridgehead atoms. The van der Waals surface area contributed by atoms with Crippen molar-refractivity contribution >= 4 is 5.84 Å². The first kappa shape index (κ1) is 13.6. The van der Waals surface area contributed by atoms with Gasteiger partial charge in [0.15, 0.2) is 5.84 Å². The fraction of sp³-hybridized carbons (Fsp3) is 0.571. The summed E-state index contributed by atoms with van der Waals surface area (Å²) in [6.45, 7) is 4.16. The quantitative estimate of drug-likeness (QED) is 0.380. The van der Waals surface area contributed by atoms with Crippen molar-refractivity contribution in [2.75, 3.05) is 0 Å². The van der Waals surface area contributed by atoms with Gasteiger partial charge in [-0.15, -0.1) is 0 Å². The molecule has 1 aliphatic carbocycles. The molecule has 5 heteroatoms. The Morgan fingerprint density at radius 2 is 2.05 bits per heavy atom. The molecule has 0 unspecified atom stereocenters. The molecule has 1 saturated carbocycles. The van der Waals surface area contributed by atoms with E-state index in [4.69, 9.17) is 15.7 Å². The molecule has 0 aromatic carbocycles. The maximum absolute atomic E-state index is 8.80. The number of rotatable bonds is 3. The van der Waals surface area contributed by atoms with Crippen LogP contribution in [-0.4, -0.2) is 22.1 Å². The fourth-order valence-corrected chi connectivity index (χ4v) is 2.38. The number of nitrogens with two attached hydrogens (primary N) is 1. The normalized spacial score (nSPS) is 24.2. The highest BCUT2D eigenvalue weighted by atomic mass is 16.5. The molecule has 5 nitrogen and oxygen atoms in total. The smallest absolute Gasteiger partial charge is 0.225 e. The second-order valence-electron chi connectivity index (χ2n) is 5.29. The summed E-state index contributed by atoms with van der Waals surface area (Å²) in [6.07, 6.45) is 4.60. The summed E-state index contributed by atoms with van der Waals surface area (Å²) in [5, 5.41) is 11.8. The largest absolute Gasteiger partial charge is 0.474 e. The van der Waals surface area contributed by atoms with Crippen LogP contribution in [0.5, 0.6) is 5.88 Å². The molecular formula is C14H21N3O2. The monoisotopic (exact) mass is 263 g/mol. The van der Waals surface area contributed by atoms with Crippen molar-refractivity contribution in [1.29, 1.82) is 0 Å². The summed E-state index contributed by atoms with van der Waals surface area (Å²) in [5.41, 5.74) is 7.06. The van der Waals surface area contributed by atoms with Crippen LogP contribution in [0.2, 0.25) is 0 Å². The van der Waals surface area contributed by atoms with Gasteiger partial charge in [-0.1, -0.05) is 12.1 Å². The molecule has 1 aromatic heterocycles. The molecule has 104 valence electrons. The van der Waals surface area contributed by atoms with Crippen molar-refractivity contribution in [3.63, 3.8) is 0 Å². The number of pyridine rings is 1. The van der Waals surface area contributed by atoms with Gasteiger partial charge in [0.2, 0.25) is 5.88 Å². The average Bonchev–Trinajstić information content (AvgIpc) is 2.41. The molecule has 1 fully saturated rings. The van der Waals surface area contributed by atoms with E-state index in [2.05, 4.69) is 17.1 Å². The maximum atomic E-state index is 8.80. The van der Waals surface area contributed by atoms with Gasteiger partial charge in [0.1, 0.15) is 6.10 Å². The second kappa shape index (κ2) is 5.91. The number of aromatic nitrogens is 1. The molecular weight excluding hydrogens is 242 g/mol. The Morgan fingerprint density at radius 3 is 2.68 bits per heavy atom. The van der Waals surface area contributed by atoms with E-state index in [1.165, 1.54) is 12.8 Å². The third-order valence-corrected chi connectivity index (χ3v) is 3.62. The second-order valence-corrected chi connectivity index (χ2v) is 5.29. The minimum absolute atomic E-state index is 0.0340. The zero-order valence-corrected chi connectivity index (χ0v) is 11.5. The number of oxime groups is 1. The Labute approximate surface area is 113 Å². The summed E-state index contributed by atoms with van der Waals surface area (Å²) >= 11 is 0. The molecule has 3 N–H and O–H groups in total. The Kier molecular flexibility index (Phi) is 4.24. The van der Waals surface area contributed by atoms with E-state index in [1.54, 1.807) is 6.07 Å². The lowest BCUT2D eigenvalue weighted by atomic mass is 9.89. The molecule has 1 heterocycles. The first-order valence-corrected chi connectivity index (χ1v) is 6.72. The van der Waals surface area contributed by atoms with Gasteiger partial charge in [-0.05, 0) is 50.7 Å². The summed E-state index contributed by atoms with van der Waals surface area (Å²) in [5.74, 6) is 1.27. The van der Waals surface area contributed by atoms with Crippen LogP contribution in [0.1, 0.15) is 43.9 Å². The molecule has 1 aliphatic rings. The summed E-state index contributed by atoms with van der Waals surface area (Å²) < 4.78 is 5.96. The highest BCUT2D eigenvalue weighted by Gasteiger charge is 2.21. The van der Waals surface area contributed by atoms with Crippen LogP contribution in [0.15, 0.2) is 17.3 Å². The number of amidine groups is 1. The zero-order valence-electron chi connectivity index (χ0n) is 11.5. The van der Waals surface area contributed by atoms with Crippen LogP contribution in [0.4, 0.5) is 0 Å². The predicted octanol–water partition coefficient (Wildman–Crippen LogP) is 2.44. The minimum atomic E-state index is 0.0340. The predicted molar refractivity (Wildman–Crippen MR) is 73.5 cm³/mol. The average molecular weight is 263 g/mol. The number of hydrogen-bond donors (Lipinski definition) is 2. The van der Waals surface area contributed by atoms with Crippen molar-refractivity contribution in [3.05, 3.63) is 23.4 Å². The van der Waals surface area contributed by atoms with Crippen molar-refractivity contribution < 1.29 is 9.94 Å². The van der Waals surface area contributed by atoms with E-state index in [-0.39, 0.29) is 11.9 Å². The number of ether oxygens (including phenoxy) is 1. The van der Waals surface area contributed by atoms with Gasteiger partial charge in [-0.3, -0.25) is 0 Å². The van der Waals surface area contributed by atoms with E-state index >= 15 is 0 Å². The van der Waals surface area contributed by atoms with Crippen molar-refractivity contribution in [2.24, 2.45) is 16.8 Å². The van der Waals surface area contributed by atoms with Crippen LogP contribution in [-0.2, 0) is 0 Å². The van der Waals surface area contributed by atoms with Crippen LogP contribution in [0.25, 0.3) is 0 Å².